The van der Waals surface area contributed by atoms with Crippen LogP contribution in [0.3, 0.4) is 0 Å². The van der Waals surface area contributed by atoms with Crippen LogP contribution in [0.15, 0.2) is 34.9 Å². The highest BCUT2D eigenvalue weighted by Crippen LogP contribution is 2.66. The molecule has 1 heterocycles. The zero-order chi connectivity index (χ0) is 17.8. The smallest absolute Gasteiger partial charge is 0.312 e. The van der Waals surface area contributed by atoms with E-state index >= 15 is 0 Å². The molecular formula is C21H24N2O3. The summed E-state index contributed by atoms with van der Waals surface area (Å²) < 4.78 is 10.8. The Morgan fingerprint density at radius 1 is 1.19 bits per heavy atom. The van der Waals surface area contributed by atoms with Crippen LogP contribution in [-0.4, -0.2) is 16.1 Å². The molecule has 5 nitrogen and oxygen atoms in total. The fourth-order valence-electron chi connectivity index (χ4n) is 6.31. The van der Waals surface area contributed by atoms with Gasteiger partial charge in [-0.15, -0.1) is 0 Å². The first-order chi connectivity index (χ1) is 12.6. The highest BCUT2D eigenvalue weighted by atomic mass is 16.6. The van der Waals surface area contributed by atoms with Crippen LogP contribution < -0.4 is 0 Å². The molecule has 5 heteroatoms. The van der Waals surface area contributed by atoms with E-state index < -0.39 is 0 Å². The molecule has 4 aliphatic carbocycles. The molecule has 6 rings (SSSR count). The summed E-state index contributed by atoms with van der Waals surface area (Å²) in [5.41, 5.74) is 1.21. The van der Waals surface area contributed by atoms with Crippen molar-refractivity contribution in [2.24, 2.45) is 17.3 Å². The van der Waals surface area contributed by atoms with Crippen molar-refractivity contribution in [1.82, 2.24) is 10.1 Å². The standard InChI is InChI=1S/C21H24N2O3/c1-14-22-18(26-23-14)12-25-19(24)21-10-15-7-16(11-21)9-20(8-15,13-21)17-5-3-2-4-6-17/h2-6,15-16H,7-13H2,1H3. The lowest BCUT2D eigenvalue weighted by atomic mass is 9.43. The van der Waals surface area contributed by atoms with Crippen molar-refractivity contribution in [1.29, 1.82) is 0 Å². The fourth-order valence-corrected chi connectivity index (χ4v) is 6.31. The summed E-state index contributed by atoms with van der Waals surface area (Å²) in [6.45, 7) is 1.84. The normalized spacial score (nSPS) is 34.8. The van der Waals surface area contributed by atoms with Crippen LogP contribution in [0.25, 0.3) is 0 Å². The second-order valence-electron chi connectivity index (χ2n) is 8.70. The van der Waals surface area contributed by atoms with E-state index in [-0.39, 0.29) is 23.4 Å². The molecule has 4 aliphatic rings. The number of hydrogen-bond donors (Lipinski definition) is 0. The molecule has 0 N–H and O–H groups in total. The van der Waals surface area contributed by atoms with Gasteiger partial charge >= 0.3 is 5.97 Å². The Bertz CT molecular complexity index is 815. The minimum Gasteiger partial charge on any atom is -0.455 e. The molecule has 2 atom stereocenters. The van der Waals surface area contributed by atoms with Gasteiger partial charge in [0.25, 0.3) is 5.89 Å². The molecule has 0 spiro atoms. The number of benzene rings is 1. The Labute approximate surface area is 153 Å². The summed E-state index contributed by atoms with van der Waals surface area (Å²) in [7, 11) is 0. The van der Waals surface area contributed by atoms with Gasteiger partial charge < -0.3 is 9.26 Å². The Morgan fingerprint density at radius 2 is 1.92 bits per heavy atom. The lowest BCUT2D eigenvalue weighted by Crippen LogP contribution is -2.57. The predicted octanol–water partition coefficient (Wildman–Crippen LogP) is 3.96. The van der Waals surface area contributed by atoms with E-state index in [4.69, 9.17) is 9.26 Å². The summed E-state index contributed by atoms with van der Waals surface area (Å²) in [6.07, 6.45) is 6.56. The number of aryl methyl sites for hydroxylation is 1. The first-order valence-corrected chi connectivity index (χ1v) is 9.59. The number of carbonyl (C=O) groups is 1. The highest BCUT2D eigenvalue weighted by molar-refractivity contribution is 5.78. The van der Waals surface area contributed by atoms with Crippen LogP contribution in [0, 0.1) is 24.2 Å². The average molecular weight is 352 g/mol. The van der Waals surface area contributed by atoms with Gasteiger partial charge in [0.15, 0.2) is 12.4 Å². The second kappa shape index (κ2) is 5.66. The predicted molar refractivity (Wildman–Crippen MR) is 94.1 cm³/mol. The van der Waals surface area contributed by atoms with E-state index in [1.54, 1.807) is 6.92 Å². The van der Waals surface area contributed by atoms with E-state index in [1.165, 1.54) is 24.8 Å². The molecule has 4 bridgehead atoms. The van der Waals surface area contributed by atoms with E-state index in [0.717, 1.165) is 19.3 Å². The molecule has 26 heavy (non-hydrogen) atoms. The number of esters is 1. The largest absolute Gasteiger partial charge is 0.455 e. The van der Waals surface area contributed by atoms with Crippen molar-refractivity contribution < 1.29 is 14.1 Å². The van der Waals surface area contributed by atoms with Crippen LogP contribution in [0.1, 0.15) is 55.8 Å². The minimum absolute atomic E-state index is 0.0669. The molecule has 0 aliphatic heterocycles. The summed E-state index contributed by atoms with van der Waals surface area (Å²) in [6, 6.07) is 10.8. The van der Waals surface area contributed by atoms with E-state index in [1.807, 2.05) is 0 Å². The second-order valence-corrected chi connectivity index (χ2v) is 8.70. The first kappa shape index (κ1) is 16.0. The van der Waals surface area contributed by atoms with Crippen molar-refractivity contribution >= 4 is 5.97 Å². The molecule has 4 saturated carbocycles. The van der Waals surface area contributed by atoms with Crippen molar-refractivity contribution in [3.63, 3.8) is 0 Å². The van der Waals surface area contributed by atoms with Gasteiger partial charge in [-0.25, -0.2) is 0 Å². The Hall–Kier alpha value is -2.17. The average Bonchev–Trinajstić information content (AvgIpc) is 3.05. The number of nitrogens with zero attached hydrogens (tertiary/aromatic N) is 2. The van der Waals surface area contributed by atoms with Crippen molar-refractivity contribution in [3.8, 4) is 0 Å². The number of carbonyl (C=O) groups excluding carboxylic acids is 1. The van der Waals surface area contributed by atoms with Crippen LogP contribution in [0.2, 0.25) is 0 Å². The topological polar surface area (TPSA) is 65.2 Å². The number of aromatic nitrogens is 2. The minimum atomic E-state index is -0.338. The fraction of sp³-hybridized carbons (Fsp3) is 0.571. The molecule has 2 unspecified atom stereocenters. The highest BCUT2D eigenvalue weighted by Gasteiger charge is 2.61. The summed E-state index contributed by atoms with van der Waals surface area (Å²) in [5, 5.41) is 3.76. The van der Waals surface area contributed by atoms with Gasteiger partial charge in [0.2, 0.25) is 0 Å². The monoisotopic (exact) mass is 352 g/mol. The van der Waals surface area contributed by atoms with Gasteiger partial charge in [-0.3, -0.25) is 4.79 Å². The van der Waals surface area contributed by atoms with Gasteiger partial charge in [0, 0.05) is 0 Å². The molecule has 0 radical (unpaired) electrons. The zero-order valence-corrected chi connectivity index (χ0v) is 15.1. The van der Waals surface area contributed by atoms with Crippen LogP contribution >= 0.6 is 0 Å². The summed E-state index contributed by atoms with van der Waals surface area (Å²) in [4.78, 5) is 17.3. The number of ether oxygens (including phenoxy) is 1. The maximum atomic E-state index is 13.1. The van der Waals surface area contributed by atoms with Gasteiger partial charge in [-0.1, -0.05) is 35.5 Å². The van der Waals surface area contributed by atoms with Gasteiger partial charge in [-0.2, -0.15) is 4.98 Å². The Balaban J connectivity index is 1.40. The molecule has 1 aromatic heterocycles. The van der Waals surface area contributed by atoms with Crippen LogP contribution in [-0.2, 0) is 21.6 Å². The Kier molecular flexibility index (Phi) is 3.49. The molecule has 4 fully saturated rings. The Morgan fingerprint density at radius 3 is 2.58 bits per heavy atom. The third kappa shape index (κ3) is 2.48. The summed E-state index contributed by atoms with van der Waals surface area (Å²) >= 11 is 0. The molecule has 0 saturated heterocycles. The zero-order valence-electron chi connectivity index (χ0n) is 15.1. The van der Waals surface area contributed by atoms with E-state index in [9.17, 15) is 4.79 Å². The molecule has 2 aromatic rings. The first-order valence-electron chi connectivity index (χ1n) is 9.59. The lowest BCUT2D eigenvalue weighted by Gasteiger charge is -2.61. The number of rotatable bonds is 4. The maximum Gasteiger partial charge on any atom is 0.312 e. The van der Waals surface area contributed by atoms with Crippen molar-refractivity contribution in [2.45, 2.75) is 57.5 Å². The molecule has 136 valence electrons. The van der Waals surface area contributed by atoms with E-state index in [0.29, 0.717) is 23.6 Å². The third-order valence-electron chi connectivity index (χ3n) is 6.78. The maximum absolute atomic E-state index is 13.1. The van der Waals surface area contributed by atoms with Crippen LogP contribution in [0.5, 0.6) is 0 Å². The van der Waals surface area contributed by atoms with Crippen molar-refractivity contribution in [3.05, 3.63) is 47.6 Å². The molecule has 1 aromatic carbocycles. The van der Waals surface area contributed by atoms with Gasteiger partial charge in [-0.05, 0) is 68.3 Å². The molecule has 0 amide bonds. The number of hydrogen-bond acceptors (Lipinski definition) is 5. The van der Waals surface area contributed by atoms with Crippen LogP contribution in [0.4, 0.5) is 0 Å². The van der Waals surface area contributed by atoms with Gasteiger partial charge in [0.1, 0.15) is 0 Å². The molecular weight excluding hydrogens is 328 g/mol. The summed E-state index contributed by atoms with van der Waals surface area (Å²) in [5.74, 6) is 2.14. The van der Waals surface area contributed by atoms with Crippen molar-refractivity contribution in [2.75, 3.05) is 0 Å². The quantitative estimate of drug-likeness (QED) is 0.779. The van der Waals surface area contributed by atoms with Gasteiger partial charge in [0.05, 0.1) is 5.41 Å². The van der Waals surface area contributed by atoms with E-state index in [2.05, 4.69) is 40.5 Å². The lowest BCUT2D eigenvalue weighted by molar-refractivity contribution is -0.176. The SMILES string of the molecule is Cc1noc(COC(=O)C23CC4CC(C2)CC(c2ccccc2)(C4)C3)n1. The third-order valence-corrected chi connectivity index (χ3v) is 6.78.